The summed E-state index contributed by atoms with van der Waals surface area (Å²) >= 11 is 0. The van der Waals surface area contributed by atoms with Gasteiger partial charge in [-0.2, -0.15) is 0 Å². The zero-order valence-corrected chi connectivity index (χ0v) is 16.2. The van der Waals surface area contributed by atoms with Crippen molar-refractivity contribution in [2.24, 2.45) is 5.16 Å². The van der Waals surface area contributed by atoms with Crippen molar-refractivity contribution in [2.45, 2.75) is 45.7 Å². The summed E-state index contributed by atoms with van der Waals surface area (Å²) in [6.45, 7) is 4.99. The molecule has 0 radical (unpaired) electrons. The number of nitro groups is 1. The first-order chi connectivity index (χ1) is 13.5. The first-order valence-electron chi connectivity index (χ1n) is 8.66. The van der Waals surface area contributed by atoms with Crippen molar-refractivity contribution in [3.63, 3.8) is 0 Å². The molecule has 1 aromatic carbocycles. The highest BCUT2D eigenvalue weighted by molar-refractivity contribution is 6.10. The molecule has 2 aliphatic heterocycles. The van der Waals surface area contributed by atoms with Crippen LogP contribution in [-0.4, -0.2) is 39.7 Å². The third kappa shape index (κ3) is 3.42. The number of Topliss-reactive ketones (excluding diaryl/α,β-unsaturated/α-hetero) is 2. The summed E-state index contributed by atoms with van der Waals surface area (Å²) in [4.78, 5) is 52.1. The fourth-order valence-corrected chi connectivity index (χ4v) is 3.65. The maximum Gasteiger partial charge on any atom is 0.305 e. The molecule has 0 fully saturated rings. The number of nitrogens with zero attached hydrogens (tertiary/aromatic N) is 2. The molecule has 29 heavy (non-hydrogen) atoms. The van der Waals surface area contributed by atoms with Gasteiger partial charge in [-0.3, -0.25) is 29.2 Å². The summed E-state index contributed by atoms with van der Waals surface area (Å²) < 4.78 is 11.1. The molecule has 10 heteroatoms. The van der Waals surface area contributed by atoms with Gasteiger partial charge in [-0.1, -0.05) is 5.16 Å². The van der Waals surface area contributed by atoms with Crippen molar-refractivity contribution < 1.29 is 33.6 Å². The zero-order chi connectivity index (χ0) is 21.6. The van der Waals surface area contributed by atoms with Gasteiger partial charge in [0.2, 0.25) is 5.79 Å². The predicted molar refractivity (Wildman–Crippen MR) is 97.7 cm³/mol. The van der Waals surface area contributed by atoms with Crippen LogP contribution in [0.1, 0.15) is 39.7 Å². The Morgan fingerprint density at radius 2 is 1.69 bits per heavy atom. The lowest BCUT2D eigenvalue weighted by Crippen LogP contribution is -2.41. The molecule has 0 amide bonds. The number of hydrogen-bond acceptors (Lipinski definition) is 9. The van der Waals surface area contributed by atoms with E-state index in [-0.39, 0.29) is 23.3 Å². The summed E-state index contributed by atoms with van der Waals surface area (Å²) in [6.07, 6.45) is -0.0621. The summed E-state index contributed by atoms with van der Waals surface area (Å²) in [5, 5.41) is 14.8. The summed E-state index contributed by atoms with van der Waals surface area (Å²) in [5.74, 6) is -5.28. The maximum absolute atomic E-state index is 12.4. The number of nitro benzene ring substituents is 1. The minimum absolute atomic E-state index is 0.0621. The Hall–Kier alpha value is -3.40. The van der Waals surface area contributed by atoms with Crippen LogP contribution in [0.25, 0.3) is 0 Å². The van der Waals surface area contributed by atoms with Crippen LogP contribution in [0, 0.1) is 10.1 Å². The van der Waals surface area contributed by atoms with Gasteiger partial charge in [0.15, 0.2) is 11.6 Å². The van der Waals surface area contributed by atoms with Crippen molar-refractivity contribution in [3.05, 3.63) is 51.1 Å². The van der Waals surface area contributed by atoms with Gasteiger partial charge in [-0.15, -0.1) is 0 Å². The zero-order valence-electron chi connectivity index (χ0n) is 16.2. The Morgan fingerprint density at radius 1 is 1.10 bits per heavy atom. The van der Waals surface area contributed by atoms with Crippen molar-refractivity contribution in [2.75, 3.05) is 0 Å². The molecular weight excluding hydrogens is 384 g/mol. The van der Waals surface area contributed by atoms with Gasteiger partial charge in [0.05, 0.1) is 28.2 Å². The second kappa shape index (κ2) is 6.89. The quantitative estimate of drug-likeness (QED) is 0.416. The number of benzene rings is 1. The third-order valence-electron chi connectivity index (χ3n) is 4.60. The van der Waals surface area contributed by atoms with E-state index < -0.39 is 34.0 Å². The number of carbonyl (C=O) groups excluding carboxylic acids is 3. The average molecular weight is 402 g/mol. The summed E-state index contributed by atoms with van der Waals surface area (Å²) in [7, 11) is 0. The molecule has 1 aromatic rings. The average Bonchev–Trinajstić information content (AvgIpc) is 3.13. The molecule has 0 aromatic heterocycles. The Kier molecular flexibility index (Phi) is 4.83. The predicted octanol–water partition coefficient (Wildman–Crippen LogP) is 2.20. The summed E-state index contributed by atoms with van der Waals surface area (Å²) in [5.41, 5.74) is 0.596. The topological polar surface area (TPSA) is 134 Å². The van der Waals surface area contributed by atoms with Crippen LogP contribution in [0.5, 0.6) is 0 Å². The van der Waals surface area contributed by atoms with E-state index in [9.17, 15) is 24.5 Å². The molecule has 3 rings (SSSR count). The fourth-order valence-electron chi connectivity index (χ4n) is 3.65. The van der Waals surface area contributed by atoms with E-state index in [0.29, 0.717) is 11.3 Å². The normalized spacial score (nSPS) is 25.6. The molecule has 10 nitrogen and oxygen atoms in total. The smallest absolute Gasteiger partial charge is 0.305 e. The lowest BCUT2D eigenvalue weighted by molar-refractivity contribution is -0.384. The molecule has 2 aliphatic rings. The molecule has 2 unspecified atom stereocenters. The highest BCUT2D eigenvalue weighted by atomic mass is 16.8. The molecule has 152 valence electrons. The number of non-ortho nitro benzene ring substituents is 1. The van der Waals surface area contributed by atoms with Crippen molar-refractivity contribution in [1.29, 1.82) is 0 Å². The number of rotatable bonds is 5. The van der Waals surface area contributed by atoms with E-state index in [1.54, 1.807) is 0 Å². The van der Waals surface area contributed by atoms with E-state index in [1.807, 2.05) is 0 Å². The standard InChI is InChI=1S/C19H18N2O8/c1-10(22)16-17(11(2)23)19(28-18(16,4)27-12(3)24)9-15(20-29-19)13-5-7-14(8-6-13)21(25)26/h5-8H,9H2,1-4H3. The van der Waals surface area contributed by atoms with Crippen LogP contribution in [-0.2, 0) is 28.7 Å². The van der Waals surface area contributed by atoms with Gasteiger partial charge in [-0.05, 0) is 26.0 Å². The van der Waals surface area contributed by atoms with Gasteiger partial charge in [0.1, 0.15) is 0 Å². The SMILES string of the molecule is CC(=O)OC1(C)OC2(CC(c3ccc([N+](=O)[O-])cc3)=NO2)C(C(C)=O)=C1C(C)=O. The summed E-state index contributed by atoms with van der Waals surface area (Å²) in [6, 6.07) is 5.60. The van der Waals surface area contributed by atoms with Gasteiger partial charge < -0.3 is 9.57 Å². The van der Waals surface area contributed by atoms with Crippen molar-refractivity contribution in [3.8, 4) is 0 Å². The molecule has 0 bridgehead atoms. The van der Waals surface area contributed by atoms with E-state index in [1.165, 1.54) is 45.0 Å². The van der Waals surface area contributed by atoms with Crippen LogP contribution in [0.3, 0.4) is 0 Å². The number of carbonyl (C=O) groups is 3. The van der Waals surface area contributed by atoms with Crippen LogP contribution in [0.4, 0.5) is 5.69 Å². The van der Waals surface area contributed by atoms with E-state index in [4.69, 9.17) is 14.3 Å². The largest absolute Gasteiger partial charge is 0.429 e. The number of oxime groups is 1. The van der Waals surface area contributed by atoms with Crippen molar-refractivity contribution in [1.82, 2.24) is 0 Å². The van der Waals surface area contributed by atoms with Crippen LogP contribution in [0.15, 0.2) is 40.6 Å². The van der Waals surface area contributed by atoms with Crippen LogP contribution in [0.2, 0.25) is 0 Å². The Balaban J connectivity index is 2.02. The molecule has 2 atom stereocenters. The lowest BCUT2D eigenvalue weighted by atomic mass is 9.90. The molecule has 1 spiro atoms. The number of hydrogen-bond donors (Lipinski definition) is 0. The second-order valence-electron chi connectivity index (χ2n) is 6.87. The molecule has 2 heterocycles. The van der Waals surface area contributed by atoms with Crippen LogP contribution >= 0.6 is 0 Å². The Morgan fingerprint density at radius 3 is 2.17 bits per heavy atom. The Bertz CT molecular complexity index is 994. The maximum atomic E-state index is 12.4. The Labute approximate surface area is 165 Å². The first kappa shape index (κ1) is 20.3. The monoisotopic (exact) mass is 402 g/mol. The fraction of sp³-hybridized carbons (Fsp3) is 0.368. The van der Waals surface area contributed by atoms with E-state index >= 15 is 0 Å². The second-order valence-corrected chi connectivity index (χ2v) is 6.87. The third-order valence-corrected chi connectivity index (χ3v) is 4.60. The van der Waals surface area contributed by atoms with Crippen molar-refractivity contribution >= 4 is 28.9 Å². The minimum Gasteiger partial charge on any atom is -0.429 e. The highest BCUT2D eigenvalue weighted by Crippen LogP contribution is 2.49. The molecule has 0 saturated heterocycles. The van der Waals surface area contributed by atoms with E-state index in [2.05, 4.69) is 5.16 Å². The van der Waals surface area contributed by atoms with Crippen LogP contribution < -0.4 is 0 Å². The van der Waals surface area contributed by atoms with Gasteiger partial charge >= 0.3 is 5.97 Å². The number of ether oxygens (including phenoxy) is 2. The van der Waals surface area contributed by atoms with Gasteiger partial charge in [0.25, 0.3) is 11.5 Å². The lowest BCUT2D eigenvalue weighted by Gasteiger charge is -2.29. The molecular formula is C19H18N2O8. The van der Waals surface area contributed by atoms with Gasteiger partial charge in [-0.25, -0.2) is 0 Å². The van der Waals surface area contributed by atoms with E-state index in [0.717, 1.165) is 6.92 Å². The van der Waals surface area contributed by atoms with Gasteiger partial charge in [0, 0.05) is 31.5 Å². The number of esters is 1. The molecule has 0 aliphatic carbocycles. The first-order valence-corrected chi connectivity index (χ1v) is 8.66. The highest BCUT2D eigenvalue weighted by Gasteiger charge is 2.62. The molecule has 0 saturated carbocycles. The minimum atomic E-state index is -1.82. The molecule has 0 N–H and O–H groups in total. The number of ketones is 2.